The predicted octanol–water partition coefficient (Wildman–Crippen LogP) is 2.61. The first-order chi connectivity index (χ1) is 9.79. The molecule has 1 aliphatic rings. The molecule has 3 aromatic heterocycles. The van der Waals surface area contributed by atoms with E-state index in [1.807, 2.05) is 4.57 Å². The number of hydrogen-bond donors (Lipinski definition) is 1. The van der Waals surface area contributed by atoms with E-state index < -0.39 is 0 Å². The van der Waals surface area contributed by atoms with Crippen LogP contribution in [-0.2, 0) is 0 Å². The number of fused-ring (bicyclic) bond motifs is 2. The highest BCUT2D eigenvalue weighted by molar-refractivity contribution is 7.10. The number of imidazole rings is 1. The van der Waals surface area contributed by atoms with Crippen LogP contribution in [0, 0.1) is 0 Å². The number of rotatable bonds is 2. The van der Waals surface area contributed by atoms with Crippen molar-refractivity contribution in [2.45, 2.75) is 18.4 Å². The number of hydrogen-bond acceptors (Lipinski definition) is 5. The van der Waals surface area contributed by atoms with Gasteiger partial charge in [-0.3, -0.25) is 0 Å². The molecule has 0 radical (unpaired) electrons. The minimum absolute atomic E-state index is 0.157. The van der Waals surface area contributed by atoms with Crippen molar-refractivity contribution in [1.82, 2.24) is 19.5 Å². The van der Waals surface area contributed by atoms with Crippen molar-refractivity contribution in [1.29, 1.82) is 0 Å². The lowest BCUT2D eigenvalue weighted by molar-refractivity contribution is 0.260. The second kappa shape index (κ2) is 4.51. The van der Waals surface area contributed by atoms with Gasteiger partial charge in [-0.2, -0.15) is 0 Å². The molecule has 0 amide bonds. The maximum Gasteiger partial charge on any atom is 0.165 e. The summed E-state index contributed by atoms with van der Waals surface area (Å²) in [6.07, 6.45) is 4.08. The minimum Gasteiger partial charge on any atom is -0.396 e. The number of thiophene rings is 1. The second-order valence-electron chi connectivity index (χ2n) is 4.86. The first-order valence-corrected chi connectivity index (χ1v) is 7.56. The monoisotopic (exact) mass is 306 g/mol. The summed E-state index contributed by atoms with van der Waals surface area (Å²) in [5.74, 6) is 0.199. The van der Waals surface area contributed by atoms with E-state index in [2.05, 4.69) is 26.4 Å². The van der Waals surface area contributed by atoms with Gasteiger partial charge in [-0.1, -0.05) is 11.6 Å². The topological polar surface area (TPSA) is 63.8 Å². The Morgan fingerprint density at radius 3 is 3.15 bits per heavy atom. The normalized spacial score (nSPS) is 21.5. The van der Waals surface area contributed by atoms with Gasteiger partial charge in [0.05, 0.1) is 19.0 Å². The number of halogens is 1. The fraction of sp³-hybridized carbons (Fsp3) is 0.308. The second-order valence-corrected chi connectivity index (χ2v) is 6.17. The summed E-state index contributed by atoms with van der Waals surface area (Å²) in [4.78, 5) is 13.8. The zero-order valence-electron chi connectivity index (χ0n) is 10.4. The Balaban J connectivity index is 1.87. The molecule has 102 valence electrons. The minimum atomic E-state index is 0.157. The highest BCUT2D eigenvalue weighted by atomic mass is 35.5. The van der Waals surface area contributed by atoms with Gasteiger partial charge < -0.3 is 9.67 Å². The fourth-order valence-electron chi connectivity index (χ4n) is 2.91. The molecule has 1 N–H and O–H groups in total. The van der Waals surface area contributed by atoms with Crippen LogP contribution in [0.4, 0.5) is 0 Å². The third kappa shape index (κ3) is 1.62. The van der Waals surface area contributed by atoms with Crippen molar-refractivity contribution >= 4 is 34.1 Å². The van der Waals surface area contributed by atoms with Crippen LogP contribution in [-0.4, -0.2) is 31.2 Å². The third-order valence-corrected chi connectivity index (χ3v) is 5.21. The summed E-state index contributed by atoms with van der Waals surface area (Å²) < 4.78 is 2.03. The lowest BCUT2D eigenvalue weighted by atomic mass is 10.1. The van der Waals surface area contributed by atoms with Gasteiger partial charge in [0.25, 0.3) is 0 Å². The molecule has 0 spiro atoms. The molecule has 3 heterocycles. The SMILES string of the molecule is OC[C@H]1C[C@@H](n2cnc3c(Cl)ncnc32)c2ccsc21. The summed E-state index contributed by atoms with van der Waals surface area (Å²) in [7, 11) is 0. The molecule has 0 aromatic carbocycles. The van der Waals surface area contributed by atoms with Crippen molar-refractivity contribution in [2.75, 3.05) is 6.61 Å². The Bertz CT molecular complexity index is 784. The van der Waals surface area contributed by atoms with Crippen LogP contribution in [0.1, 0.15) is 28.8 Å². The zero-order valence-corrected chi connectivity index (χ0v) is 12.0. The van der Waals surface area contributed by atoms with E-state index in [0.717, 1.165) is 12.1 Å². The average molecular weight is 307 g/mol. The lowest BCUT2D eigenvalue weighted by Crippen LogP contribution is -2.08. The van der Waals surface area contributed by atoms with Crippen LogP contribution >= 0.6 is 22.9 Å². The van der Waals surface area contributed by atoms with Crippen LogP contribution in [0.25, 0.3) is 11.2 Å². The number of aliphatic hydroxyl groups excluding tert-OH is 1. The summed E-state index contributed by atoms with van der Waals surface area (Å²) in [6.45, 7) is 0.173. The van der Waals surface area contributed by atoms with Crippen LogP contribution in [0.5, 0.6) is 0 Å². The predicted molar refractivity (Wildman–Crippen MR) is 77.2 cm³/mol. The molecule has 20 heavy (non-hydrogen) atoms. The first kappa shape index (κ1) is 12.3. The molecule has 0 saturated heterocycles. The van der Waals surface area contributed by atoms with E-state index in [-0.39, 0.29) is 18.6 Å². The van der Waals surface area contributed by atoms with Gasteiger partial charge in [0.15, 0.2) is 10.8 Å². The van der Waals surface area contributed by atoms with E-state index in [9.17, 15) is 5.11 Å². The fourth-order valence-corrected chi connectivity index (χ4v) is 4.16. The Kier molecular flexibility index (Phi) is 2.76. The highest BCUT2D eigenvalue weighted by Crippen LogP contribution is 2.45. The molecule has 0 saturated carbocycles. The van der Waals surface area contributed by atoms with Crippen molar-refractivity contribution in [3.8, 4) is 0 Å². The van der Waals surface area contributed by atoms with Gasteiger partial charge in [0.1, 0.15) is 11.8 Å². The van der Waals surface area contributed by atoms with Gasteiger partial charge in [-0.15, -0.1) is 11.3 Å². The number of aliphatic hydroxyl groups is 1. The summed E-state index contributed by atoms with van der Waals surface area (Å²) in [5.41, 5.74) is 2.62. The van der Waals surface area contributed by atoms with Crippen LogP contribution in [0.15, 0.2) is 24.1 Å². The van der Waals surface area contributed by atoms with Gasteiger partial charge in [0, 0.05) is 10.8 Å². The highest BCUT2D eigenvalue weighted by Gasteiger charge is 2.33. The van der Waals surface area contributed by atoms with Crippen molar-refractivity contribution in [3.05, 3.63) is 39.7 Å². The molecule has 0 fully saturated rings. The molecule has 5 nitrogen and oxygen atoms in total. The summed E-state index contributed by atoms with van der Waals surface area (Å²) in [5, 5.41) is 12.0. The molecule has 0 aliphatic heterocycles. The molecule has 7 heteroatoms. The third-order valence-electron chi connectivity index (χ3n) is 3.83. The van der Waals surface area contributed by atoms with Crippen LogP contribution in [0.2, 0.25) is 5.15 Å². The standard InChI is InChI=1S/C13H11ClN4OS/c14-12-10-13(16-5-15-12)18(6-17-10)9-3-7(4-19)11-8(9)1-2-20-11/h1-2,5-7,9,19H,3-4H2/t7-,9-/m1/s1. The maximum atomic E-state index is 9.54. The average Bonchev–Trinajstić information content (AvgIpc) is 3.12. The molecule has 1 aliphatic carbocycles. The Morgan fingerprint density at radius 2 is 2.30 bits per heavy atom. The van der Waals surface area contributed by atoms with E-state index in [0.29, 0.717) is 10.7 Å². The zero-order chi connectivity index (χ0) is 13.7. The molecule has 0 bridgehead atoms. The van der Waals surface area contributed by atoms with Gasteiger partial charge in [-0.05, 0) is 23.4 Å². The summed E-state index contributed by atoms with van der Waals surface area (Å²) in [6, 6.07) is 2.28. The molecule has 4 rings (SSSR count). The number of nitrogens with zero attached hydrogens (tertiary/aromatic N) is 4. The smallest absolute Gasteiger partial charge is 0.165 e. The molecule has 3 aromatic rings. The van der Waals surface area contributed by atoms with Gasteiger partial charge in [0.2, 0.25) is 0 Å². The Morgan fingerprint density at radius 1 is 1.40 bits per heavy atom. The number of aromatic nitrogens is 4. The molecule has 0 unspecified atom stereocenters. The van der Waals surface area contributed by atoms with Crippen molar-refractivity contribution < 1.29 is 5.11 Å². The van der Waals surface area contributed by atoms with E-state index >= 15 is 0 Å². The van der Waals surface area contributed by atoms with Crippen LogP contribution in [0.3, 0.4) is 0 Å². The van der Waals surface area contributed by atoms with Crippen molar-refractivity contribution in [3.63, 3.8) is 0 Å². The van der Waals surface area contributed by atoms with Gasteiger partial charge in [-0.25, -0.2) is 15.0 Å². The van der Waals surface area contributed by atoms with E-state index in [1.54, 1.807) is 17.7 Å². The largest absolute Gasteiger partial charge is 0.396 e. The van der Waals surface area contributed by atoms with E-state index in [1.165, 1.54) is 16.8 Å². The Labute approximate surface area is 123 Å². The lowest BCUT2D eigenvalue weighted by Gasteiger charge is -2.13. The van der Waals surface area contributed by atoms with Crippen LogP contribution < -0.4 is 0 Å². The van der Waals surface area contributed by atoms with E-state index in [4.69, 9.17) is 11.6 Å². The van der Waals surface area contributed by atoms with Crippen molar-refractivity contribution in [2.24, 2.45) is 0 Å². The van der Waals surface area contributed by atoms with Gasteiger partial charge >= 0.3 is 0 Å². The molecular formula is C13H11ClN4OS. The first-order valence-electron chi connectivity index (χ1n) is 6.30. The summed E-state index contributed by atoms with van der Waals surface area (Å²) >= 11 is 7.75. The maximum absolute atomic E-state index is 9.54. The Hall–Kier alpha value is -1.50. The quantitative estimate of drug-likeness (QED) is 0.739. The molecule has 2 atom stereocenters. The molecular weight excluding hydrogens is 296 g/mol.